The Morgan fingerprint density at radius 3 is 1.71 bits per heavy atom. The molecule has 7 aromatic carbocycles. The fourth-order valence-electron chi connectivity index (χ4n) is 6.07. The second kappa shape index (κ2) is 18.5. The van der Waals surface area contributed by atoms with Gasteiger partial charge in [-0.15, -0.1) is 17.8 Å². The second-order valence-corrected chi connectivity index (χ2v) is 14.1. The average Bonchev–Trinajstić information content (AvgIpc) is 3.57. The van der Waals surface area contributed by atoms with Crippen LogP contribution in [-0.4, -0.2) is 0 Å². The van der Waals surface area contributed by atoms with Crippen LogP contribution in [0.2, 0.25) is 0 Å². The lowest BCUT2D eigenvalue weighted by atomic mass is 9.92. The van der Waals surface area contributed by atoms with Crippen LogP contribution in [0.3, 0.4) is 0 Å². The van der Waals surface area contributed by atoms with Gasteiger partial charge in [0.15, 0.2) is 0 Å². The van der Waals surface area contributed by atoms with Crippen LogP contribution < -0.4 is 0 Å². The fraction of sp³-hybridized carbons (Fsp3) is 0.137. The largest absolute Gasteiger partial charge is 0.135 e. The number of hydrogen-bond acceptors (Lipinski definition) is 1. The summed E-state index contributed by atoms with van der Waals surface area (Å²) in [4.78, 5) is 0. The predicted molar refractivity (Wildman–Crippen MR) is 231 cm³/mol. The molecule has 0 saturated heterocycles. The minimum atomic E-state index is 0.921. The third kappa shape index (κ3) is 9.55. The lowest BCUT2D eigenvalue weighted by molar-refractivity contribution is 1.09. The van der Waals surface area contributed by atoms with Gasteiger partial charge in [-0.3, -0.25) is 0 Å². The molecule has 0 radical (unpaired) electrons. The first-order valence-corrected chi connectivity index (χ1v) is 18.9. The third-order valence-electron chi connectivity index (χ3n) is 8.78. The molecule has 0 amide bonds. The lowest BCUT2D eigenvalue weighted by Crippen LogP contribution is -1.88. The average molecular weight is 693 g/mol. The molecule has 1 heteroatoms. The molecule has 0 aliphatic heterocycles. The van der Waals surface area contributed by atoms with Crippen molar-refractivity contribution >= 4 is 31.5 Å². The van der Waals surface area contributed by atoms with Gasteiger partial charge in [-0.2, -0.15) is 0 Å². The normalized spacial score (nSPS) is 10.2. The number of fused-ring (bicyclic) bond motifs is 3. The van der Waals surface area contributed by atoms with Crippen LogP contribution in [0.15, 0.2) is 164 Å². The third-order valence-corrected chi connectivity index (χ3v) is 10.1. The van der Waals surface area contributed by atoms with Gasteiger partial charge in [0.25, 0.3) is 0 Å². The number of rotatable bonds is 3. The monoisotopic (exact) mass is 692 g/mol. The molecule has 8 aromatic rings. The summed E-state index contributed by atoms with van der Waals surface area (Å²) < 4.78 is 2.81. The molecule has 0 nitrogen and oxygen atoms in total. The van der Waals surface area contributed by atoms with Crippen LogP contribution in [0.25, 0.3) is 53.6 Å². The molecule has 0 N–H and O–H groups in total. The summed E-state index contributed by atoms with van der Waals surface area (Å²) >= 11 is 1.89. The van der Waals surface area contributed by atoms with Crippen LogP contribution in [0.5, 0.6) is 0 Å². The molecule has 1 aromatic heterocycles. The Bertz CT molecular complexity index is 2380. The summed E-state index contributed by atoms with van der Waals surface area (Å²) in [6.45, 7) is 12.9. The molecule has 52 heavy (non-hydrogen) atoms. The highest BCUT2D eigenvalue weighted by Crippen LogP contribution is 2.35. The number of terminal acetylenes is 1. The van der Waals surface area contributed by atoms with Gasteiger partial charge < -0.3 is 0 Å². The first-order valence-electron chi connectivity index (χ1n) is 18.1. The standard InChI is InChI=1S/C21H20.C14H10.C13H10S.C3H8/c1-15-7-6-9-18(13-15)19-12-11-17(3)21(14-19)20-10-5-4-8-16(20)2;1-2-12-8-10-14(11-9-12)13-6-4-3-5-7-13;1-9-5-4-7-11-10-6-2-3-8-12(10)14-13(9)11;1-3-2/h4-14H,1-3H3;1,3-11H;2-8H,1H3;3H2,1-2H3. The molecule has 0 saturated carbocycles. The van der Waals surface area contributed by atoms with E-state index in [2.05, 4.69) is 169 Å². The zero-order valence-corrected chi connectivity index (χ0v) is 32.1. The molecule has 8 rings (SSSR count). The SMILES string of the molecule is C#Cc1ccc(-c2ccccc2)cc1.CCC.Cc1cccc(-c2ccc(C)c(-c3ccccc3C)c2)c1.Cc1cccc2c1sc1ccccc12. The summed E-state index contributed by atoms with van der Waals surface area (Å²) in [5.41, 5.74) is 13.9. The van der Waals surface area contributed by atoms with E-state index in [0.29, 0.717) is 0 Å². The van der Waals surface area contributed by atoms with Gasteiger partial charge in [0.2, 0.25) is 0 Å². The molecule has 1 heterocycles. The molecule has 0 aliphatic rings. The van der Waals surface area contributed by atoms with Crippen LogP contribution >= 0.6 is 11.3 Å². The van der Waals surface area contributed by atoms with E-state index in [4.69, 9.17) is 6.42 Å². The van der Waals surface area contributed by atoms with Crippen molar-refractivity contribution in [2.24, 2.45) is 0 Å². The van der Waals surface area contributed by atoms with Gasteiger partial charge in [-0.25, -0.2) is 0 Å². The smallest absolute Gasteiger partial charge is 0.0384 e. The zero-order chi connectivity index (χ0) is 36.9. The number of aryl methyl sites for hydroxylation is 4. The Labute approximate surface area is 315 Å². The first-order chi connectivity index (χ1) is 25.3. The summed E-state index contributed by atoms with van der Waals surface area (Å²) in [7, 11) is 0. The molecule has 0 atom stereocenters. The maximum atomic E-state index is 5.29. The van der Waals surface area contributed by atoms with Crippen LogP contribution in [-0.2, 0) is 0 Å². The zero-order valence-electron chi connectivity index (χ0n) is 31.3. The molecule has 0 aliphatic carbocycles. The Balaban J connectivity index is 0.000000149. The van der Waals surface area contributed by atoms with Gasteiger partial charge in [0.1, 0.15) is 0 Å². The minimum Gasteiger partial charge on any atom is -0.135 e. The molecule has 258 valence electrons. The molecule has 0 spiro atoms. The van der Waals surface area contributed by atoms with E-state index >= 15 is 0 Å². The maximum Gasteiger partial charge on any atom is 0.0384 e. The quantitative estimate of drug-likeness (QED) is 0.162. The highest BCUT2D eigenvalue weighted by atomic mass is 32.1. The van der Waals surface area contributed by atoms with Crippen LogP contribution in [0.4, 0.5) is 0 Å². The summed E-state index contributed by atoms with van der Waals surface area (Å²) in [5.74, 6) is 2.61. The molecule has 0 unspecified atom stereocenters. The van der Waals surface area contributed by atoms with Gasteiger partial charge in [-0.1, -0.05) is 171 Å². The van der Waals surface area contributed by atoms with E-state index in [0.717, 1.165) is 5.56 Å². The highest BCUT2D eigenvalue weighted by molar-refractivity contribution is 7.26. The van der Waals surface area contributed by atoms with Gasteiger partial charge in [0, 0.05) is 25.7 Å². The first kappa shape index (κ1) is 37.6. The van der Waals surface area contributed by atoms with Gasteiger partial charge in [-0.05, 0) is 102 Å². The van der Waals surface area contributed by atoms with Crippen molar-refractivity contribution in [1.82, 2.24) is 0 Å². The van der Waals surface area contributed by atoms with Crippen LogP contribution in [0, 0.1) is 40.0 Å². The number of thiophene rings is 1. The Morgan fingerprint density at radius 2 is 1.00 bits per heavy atom. The second-order valence-electron chi connectivity index (χ2n) is 13.1. The number of benzene rings is 7. The van der Waals surface area contributed by atoms with Gasteiger partial charge >= 0.3 is 0 Å². The summed E-state index contributed by atoms with van der Waals surface area (Å²) in [6.07, 6.45) is 6.54. The fourth-order valence-corrected chi connectivity index (χ4v) is 7.24. The van der Waals surface area contributed by atoms with Crippen LogP contribution in [0.1, 0.15) is 48.1 Å². The maximum absolute atomic E-state index is 5.29. The van der Waals surface area contributed by atoms with Gasteiger partial charge in [0.05, 0.1) is 0 Å². The highest BCUT2D eigenvalue weighted by Gasteiger charge is 2.08. The van der Waals surface area contributed by atoms with E-state index in [1.807, 2.05) is 53.8 Å². The van der Waals surface area contributed by atoms with Crippen molar-refractivity contribution in [3.05, 3.63) is 192 Å². The topological polar surface area (TPSA) is 0 Å². The summed E-state index contributed by atoms with van der Waals surface area (Å²) in [5, 5.41) is 2.78. The molecular weight excluding hydrogens is 645 g/mol. The van der Waals surface area contributed by atoms with Crippen molar-refractivity contribution in [3.63, 3.8) is 0 Å². The lowest BCUT2D eigenvalue weighted by Gasteiger charge is -2.12. The molecular formula is C51H48S. The van der Waals surface area contributed by atoms with Crippen molar-refractivity contribution in [2.75, 3.05) is 0 Å². The Hall–Kier alpha value is -5.68. The van der Waals surface area contributed by atoms with E-state index < -0.39 is 0 Å². The summed E-state index contributed by atoms with van der Waals surface area (Å²) in [6, 6.07) is 57.4. The van der Waals surface area contributed by atoms with E-state index in [-0.39, 0.29) is 0 Å². The van der Waals surface area contributed by atoms with Crippen molar-refractivity contribution in [1.29, 1.82) is 0 Å². The van der Waals surface area contributed by atoms with E-state index in [9.17, 15) is 0 Å². The van der Waals surface area contributed by atoms with Crippen molar-refractivity contribution < 1.29 is 0 Å². The van der Waals surface area contributed by atoms with Crippen molar-refractivity contribution in [3.8, 4) is 45.7 Å². The minimum absolute atomic E-state index is 0.921. The molecule has 0 bridgehead atoms. The Kier molecular flexibility index (Phi) is 13.4. The van der Waals surface area contributed by atoms with E-state index in [1.54, 1.807) is 0 Å². The predicted octanol–water partition coefficient (Wildman–Crippen LogP) is 15.1. The molecule has 0 fully saturated rings. The van der Waals surface area contributed by atoms with E-state index in [1.165, 1.54) is 82.2 Å². The Morgan fingerprint density at radius 1 is 0.462 bits per heavy atom. The number of hydrogen-bond donors (Lipinski definition) is 0. The van der Waals surface area contributed by atoms with Crippen molar-refractivity contribution in [2.45, 2.75) is 48.0 Å².